The van der Waals surface area contributed by atoms with Crippen molar-refractivity contribution in [3.8, 4) is 0 Å². The van der Waals surface area contributed by atoms with E-state index in [0.29, 0.717) is 6.04 Å². The molecule has 0 aliphatic carbocycles. The third-order valence-electron chi connectivity index (χ3n) is 3.32. The van der Waals surface area contributed by atoms with Crippen molar-refractivity contribution in [3.63, 3.8) is 0 Å². The second-order valence-electron chi connectivity index (χ2n) is 4.82. The van der Waals surface area contributed by atoms with Crippen LogP contribution in [0.4, 0.5) is 5.69 Å². The van der Waals surface area contributed by atoms with Crippen LogP contribution in [0.25, 0.3) is 0 Å². The van der Waals surface area contributed by atoms with E-state index >= 15 is 0 Å². The van der Waals surface area contributed by atoms with E-state index in [0.717, 1.165) is 31.4 Å². The molecule has 4 nitrogen and oxygen atoms in total. The summed E-state index contributed by atoms with van der Waals surface area (Å²) in [7, 11) is 0. The van der Waals surface area contributed by atoms with Gasteiger partial charge in [-0.15, -0.1) is 0 Å². The number of nitro groups is 1. The number of nitrogens with zero attached hydrogens (tertiary/aromatic N) is 1. The van der Waals surface area contributed by atoms with Crippen LogP contribution >= 0.6 is 0 Å². The number of benzene rings is 1. The molecular weight excluding hydrogens is 240 g/mol. The molecule has 0 fully saturated rings. The Bertz CT molecular complexity index is 387. The van der Waals surface area contributed by atoms with Crippen molar-refractivity contribution < 1.29 is 4.92 Å². The second-order valence-corrected chi connectivity index (χ2v) is 4.82. The van der Waals surface area contributed by atoms with Gasteiger partial charge in [0.15, 0.2) is 0 Å². The minimum Gasteiger partial charge on any atom is -0.314 e. The number of rotatable bonds is 9. The summed E-state index contributed by atoms with van der Waals surface area (Å²) in [6, 6.07) is 7.58. The predicted octanol–water partition coefficient (Wildman–Crippen LogP) is 3.70. The van der Waals surface area contributed by atoms with Crippen LogP contribution in [0.3, 0.4) is 0 Å². The SMILES string of the molecule is CCCC(CCCc1ccccc1[N+](=O)[O-])NCC. The summed E-state index contributed by atoms with van der Waals surface area (Å²) >= 11 is 0. The molecule has 106 valence electrons. The van der Waals surface area contributed by atoms with Crippen LogP contribution in [0.5, 0.6) is 0 Å². The minimum atomic E-state index is -0.289. The van der Waals surface area contributed by atoms with Gasteiger partial charge in [-0.1, -0.05) is 38.5 Å². The first-order valence-electron chi connectivity index (χ1n) is 7.14. The Balaban J connectivity index is 2.50. The molecule has 1 unspecified atom stereocenters. The summed E-state index contributed by atoms with van der Waals surface area (Å²) in [6.45, 7) is 5.28. The summed E-state index contributed by atoms with van der Waals surface area (Å²) in [5, 5.41) is 14.4. The molecule has 0 aromatic heterocycles. The molecule has 1 atom stereocenters. The number of hydrogen-bond donors (Lipinski definition) is 1. The Kier molecular flexibility index (Phi) is 7.11. The number of aryl methyl sites for hydroxylation is 1. The highest BCUT2D eigenvalue weighted by Crippen LogP contribution is 2.20. The smallest absolute Gasteiger partial charge is 0.272 e. The number of nitro benzene ring substituents is 1. The second kappa shape index (κ2) is 8.64. The van der Waals surface area contributed by atoms with E-state index in [1.807, 2.05) is 12.1 Å². The zero-order chi connectivity index (χ0) is 14.1. The first kappa shape index (κ1) is 15.6. The summed E-state index contributed by atoms with van der Waals surface area (Å²) < 4.78 is 0. The molecule has 0 saturated heterocycles. The molecule has 19 heavy (non-hydrogen) atoms. The zero-order valence-electron chi connectivity index (χ0n) is 11.9. The van der Waals surface area contributed by atoms with E-state index in [-0.39, 0.29) is 10.6 Å². The Labute approximate surface area is 115 Å². The molecule has 1 rings (SSSR count). The van der Waals surface area contributed by atoms with Crippen LogP contribution < -0.4 is 5.32 Å². The third kappa shape index (κ3) is 5.39. The van der Waals surface area contributed by atoms with Gasteiger partial charge in [-0.25, -0.2) is 0 Å². The maximum atomic E-state index is 10.9. The standard InChI is InChI=1S/C15H24N2O2/c1-3-8-14(16-4-2)11-7-10-13-9-5-6-12-15(13)17(18)19/h5-6,9,12,14,16H,3-4,7-8,10-11H2,1-2H3. The molecule has 0 aliphatic heterocycles. The lowest BCUT2D eigenvalue weighted by molar-refractivity contribution is -0.385. The molecule has 0 bridgehead atoms. The fraction of sp³-hybridized carbons (Fsp3) is 0.600. The molecule has 0 heterocycles. The Morgan fingerprint density at radius 3 is 2.63 bits per heavy atom. The van der Waals surface area contributed by atoms with Gasteiger partial charge in [0.05, 0.1) is 4.92 Å². The molecule has 0 amide bonds. The predicted molar refractivity (Wildman–Crippen MR) is 78.4 cm³/mol. The molecule has 1 aromatic rings. The van der Waals surface area contributed by atoms with E-state index in [4.69, 9.17) is 0 Å². The molecule has 4 heteroatoms. The van der Waals surface area contributed by atoms with Gasteiger partial charge in [0.1, 0.15) is 0 Å². The van der Waals surface area contributed by atoms with E-state index in [2.05, 4.69) is 19.2 Å². The van der Waals surface area contributed by atoms with Crippen molar-refractivity contribution in [1.29, 1.82) is 0 Å². The van der Waals surface area contributed by atoms with Gasteiger partial charge < -0.3 is 5.32 Å². The van der Waals surface area contributed by atoms with Crippen molar-refractivity contribution in [2.75, 3.05) is 6.54 Å². The van der Waals surface area contributed by atoms with Crippen LogP contribution in [0, 0.1) is 10.1 Å². The number of para-hydroxylation sites is 1. The highest BCUT2D eigenvalue weighted by atomic mass is 16.6. The number of hydrogen-bond acceptors (Lipinski definition) is 3. The molecule has 0 radical (unpaired) electrons. The largest absolute Gasteiger partial charge is 0.314 e. The van der Waals surface area contributed by atoms with E-state index < -0.39 is 0 Å². The molecule has 1 aromatic carbocycles. The molecule has 1 N–H and O–H groups in total. The molecular formula is C15H24N2O2. The number of nitrogens with one attached hydrogen (secondary N) is 1. The highest BCUT2D eigenvalue weighted by Gasteiger charge is 2.12. The zero-order valence-corrected chi connectivity index (χ0v) is 11.9. The van der Waals surface area contributed by atoms with Gasteiger partial charge in [0.2, 0.25) is 0 Å². The van der Waals surface area contributed by atoms with E-state index in [9.17, 15) is 10.1 Å². The average molecular weight is 264 g/mol. The Hall–Kier alpha value is -1.42. The highest BCUT2D eigenvalue weighted by molar-refractivity contribution is 5.39. The fourth-order valence-corrected chi connectivity index (χ4v) is 2.42. The van der Waals surface area contributed by atoms with Gasteiger partial charge in [0, 0.05) is 17.7 Å². The first-order valence-corrected chi connectivity index (χ1v) is 7.14. The third-order valence-corrected chi connectivity index (χ3v) is 3.32. The van der Waals surface area contributed by atoms with Crippen molar-refractivity contribution in [1.82, 2.24) is 5.32 Å². The average Bonchev–Trinajstić information content (AvgIpc) is 2.39. The van der Waals surface area contributed by atoms with Crippen LogP contribution in [0.1, 0.15) is 45.1 Å². The maximum Gasteiger partial charge on any atom is 0.272 e. The summed E-state index contributed by atoms with van der Waals surface area (Å²) in [6.07, 6.45) is 5.19. The van der Waals surface area contributed by atoms with Crippen molar-refractivity contribution in [2.45, 2.75) is 52.0 Å². The minimum absolute atomic E-state index is 0.248. The lowest BCUT2D eigenvalue weighted by atomic mass is 10.0. The van der Waals surface area contributed by atoms with Crippen molar-refractivity contribution in [2.24, 2.45) is 0 Å². The summed E-state index contributed by atoms with van der Waals surface area (Å²) in [4.78, 5) is 10.6. The Morgan fingerprint density at radius 2 is 2.00 bits per heavy atom. The van der Waals surface area contributed by atoms with Crippen molar-refractivity contribution in [3.05, 3.63) is 39.9 Å². The van der Waals surface area contributed by atoms with E-state index in [1.54, 1.807) is 12.1 Å². The topological polar surface area (TPSA) is 55.2 Å². The summed E-state index contributed by atoms with van der Waals surface area (Å²) in [5.41, 5.74) is 1.09. The van der Waals surface area contributed by atoms with Gasteiger partial charge in [-0.05, 0) is 32.2 Å². The molecule has 0 saturated carbocycles. The molecule has 0 aliphatic rings. The van der Waals surface area contributed by atoms with Crippen LogP contribution in [0.15, 0.2) is 24.3 Å². The lowest BCUT2D eigenvalue weighted by Gasteiger charge is -2.16. The van der Waals surface area contributed by atoms with Gasteiger partial charge >= 0.3 is 0 Å². The molecule has 0 spiro atoms. The fourth-order valence-electron chi connectivity index (χ4n) is 2.42. The maximum absolute atomic E-state index is 10.9. The van der Waals surface area contributed by atoms with Crippen LogP contribution in [0.2, 0.25) is 0 Å². The summed E-state index contributed by atoms with van der Waals surface area (Å²) in [5.74, 6) is 0. The normalized spacial score (nSPS) is 12.3. The van der Waals surface area contributed by atoms with Gasteiger partial charge in [-0.2, -0.15) is 0 Å². The van der Waals surface area contributed by atoms with Crippen LogP contribution in [-0.2, 0) is 6.42 Å². The van der Waals surface area contributed by atoms with Crippen molar-refractivity contribution >= 4 is 5.69 Å². The van der Waals surface area contributed by atoms with E-state index in [1.165, 1.54) is 12.8 Å². The lowest BCUT2D eigenvalue weighted by Crippen LogP contribution is -2.28. The quantitative estimate of drug-likeness (QED) is 0.546. The van der Waals surface area contributed by atoms with Crippen LogP contribution in [-0.4, -0.2) is 17.5 Å². The first-order chi connectivity index (χ1) is 9.19. The Morgan fingerprint density at radius 1 is 1.26 bits per heavy atom. The van der Waals surface area contributed by atoms with Gasteiger partial charge in [0.25, 0.3) is 5.69 Å². The monoisotopic (exact) mass is 264 g/mol. The van der Waals surface area contributed by atoms with Gasteiger partial charge in [-0.3, -0.25) is 10.1 Å².